The van der Waals surface area contributed by atoms with Crippen LogP contribution >= 0.6 is 0 Å². The van der Waals surface area contributed by atoms with E-state index in [2.05, 4.69) is 13.8 Å². The molecule has 4 nitrogen and oxygen atoms in total. The summed E-state index contributed by atoms with van der Waals surface area (Å²) < 4.78 is 0. The maximum absolute atomic E-state index is 12.3. The standard InChI is InChI=1S/C20H29NO3/c1-19-8-7-15-12(14(19)5-6-17(19)23)4-3-11-9-16(22)13(18(21)24)10-20(11,15)2/h9,12-15,17,23H,3-8,10H2,1-2H3,(H2,21,24)/t12-,13+,14-,15-,17-,19-,20-/m0/s1. The molecule has 0 bridgehead atoms. The topological polar surface area (TPSA) is 80.4 Å². The minimum atomic E-state index is -0.653. The van der Waals surface area contributed by atoms with E-state index in [-0.39, 0.29) is 22.7 Å². The van der Waals surface area contributed by atoms with Gasteiger partial charge >= 0.3 is 0 Å². The monoisotopic (exact) mass is 331 g/mol. The molecule has 7 atom stereocenters. The molecule has 0 radical (unpaired) electrons. The Hall–Kier alpha value is -1.16. The van der Waals surface area contributed by atoms with E-state index in [1.165, 1.54) is 5.57 Å². The number of rotatable bonds is 1. The third-order valence-electron chi connectivity index (χ3n) is 8.32. The van der Waals surface area contributed by atoms with Crippen LogP contribution in [0.15, 0.2) is 11.6 Å². The lowest BCUT2D eigenvalue weighted by atomic mass is 9.46. The first kappa shape index (κ1) is 16.3. The smallest absolute Gasteiger partial charge is 0.228 e. The highest BCUT2D eigenvalue weighted by molar-refractivity contribution is 6.07. The summed E-state index contributed by atoms with van der Waals surface area (Å²) in [5.74, 6) is 0.468. The van der Waals surface area contributed by atoms with Gasteiger partial charge in [-0.25, -0.2) is 0 Å². The fourth-order valence-corrected chi connectivity index (χ4v) is 6.86. The first-order chi connectivity index (χ1) is 11.3. The largest absolute Gasteiger partial charge is 0.393 e. The van der Waals surface area contributed by atoms with Crippen LogP contribution in [0.2, 0.25) is 0 Å². The second-order valence-corrected chi connectivity index (χ2v) is 9.20. The molecule has 132 valence electrons. The van der Waals surface area contributed by atoms with Crippen molar-refractivity contribution in [3.8, 4) is 0 Å². The number of hydrogen-bond donors (Lipinski definition) is 2. The first-order valence-corrected chi connectivity index (χ1v) is 9.49. The molecule has 24 heavy (non-hydrogen) atoms. The Bertz CT molecular complexity index is 626. The number of nitrogens with two attached hydrogens (primary N) is 1. The van der Waals surface area contributed by atoms with E-state index < -0.39 is 11.8 Å². The maximum atomic E-state index is 12.3. The van der Waals surface area contributed by atoms with Crippen molar-refractivity contribution < 1.29 is 14.7 Å². The minimum absolute atomic E-state index is 0.0618. The summed E-state index contributed by atoms with van der Waals surface area (Å²) in [5.41, 5.74) is 6.74. The molecule has 4 aliphatic rings. The van der Waals surface area contributed by atoms with Crippen LogP contribution in [-0.4, -0.2) is 22.9 Å². The zero-order valence-electron chi connectivity index (χ0n) is 14.8. The number of amides is 1. The quantitative estimate of drug-likeness (QED) is 0.725. The summed E-state index contributed by atoms with van der Waals surface area (Å²) >= 11 is 0. The number of aliphatic hydroxyl groups is 1. The van der Waals surface area contributed by atoms with Crippen LogP contribution in [0.1, 0.15) is 58.8 Å². The van der Waals surface area contributed by atoms with Gasteiger partial charge in [0.25, 0.3) is 0 Å². The maximum Gasteiger partial charge on any atom is 0.228 e. The molecule has 1 amide bonds. The summed E-state index contributed by atoms with van der Waals surface area (Å²) in [5, 5.41) is 10.5. The second-order valence-electron chi connectivity index (χ2n) is 9.20. The van der Waals surface area contributed by atoms with Crippen LogP contribution in [0, 0.1) is 34.5 Å². The van der Waals surface area contributed by atoms with Crippen molar-refractivity contribution in [3.63, 3.8) is 0 Å². The molecule has 0 aromatic carbocycles. The lowest BCUT2D eigenvalue weighted by molar-refractivity contribution is -0.134. The Morgan fingerprint density at radius 2 is 1.96 bits per heavy atom. The number of primary amides is 1. The fraction of sp³-hybridized carbons (Fsp3) is 0.800. The molecule has 3 saturated carbocycles. The molecule has 0 aliphatic heterocycles. The van der Waals surface area contributed by atoms with Crippen LogP contribution in [-0.2, 0) is 9.59 Å². The predicted octanol–water partition coefficient (Wildman–Crippen LogP) is 2.59. The van der Waals surface area contributed by atoms with Gasteiger partial charge < -0.3 is 10.8 Å². The van der Waals surface area contributed by atoms with Crippen molar-refractivity contribution in [1.29, 1.82) is 0 Å². The third-order valence-corrected chi connectivity index (χ3v) is 8.32. The van der Waals surface area contributed by atoms with Crippen LogP contribution in [0.25, 0.3) is 0 Å². The normalized spacial score (nSPS) is 50.5. The average Bonchev–Trinajstić information content (AvgIpc) is 2.83. The molecule has 0 aromatic heterocycles. The van der Waals surface area contributed by atoms with Crippen molar-refractivity contribution in [2.24, 2.45) is 40.2 Å². The van der Waals surface area contributed by atoms with E-state index in [0.717, 1.165) is 38.5 Å². The predicted molar refractivity (Wildman–Crippen MR) is 90.8 cm³/mol. The average molecular weight is 331 g/mol. The third kappa shape index (κ3) is 2.01. The van der Waals surface area contributed by atoms with Crippen LogP contribution in [0.3, 0.4) is 0 Å². The van der Waals surface area contributed by atoms with Crippen molar-refractivity contribution in [2.45, 2.75) is 64.9 Å². The lowest BCUT2D eigenvalue weighted by Gasteiger charge is -2.58. The number of ketones is 1. The van der Waals surface area contributed by atoms with Gasteiger partial charge in [-0.1, -0.05) is 19.4 Å². The number of carbonyl (C=O) groups excluding carboxylic acids is 2. The van der Waals surface area contributed by atoms with E-state index in [1.807, 2.05) is 0 Å². The fourth-order valence-electron chi connectivity index (χ4n) is 6.86. The second kappa shape index (κ2) is 5.17. The molecule has 3 N–H and O–H groups in total. The molecular formula is C20H29NO3. The Labute approximate surface area is 143 Å². The molecule has 0 spiro atoms. The number of aliphatic hydroxyl groups excluding tert-OH is 1. The van der Waals surface area contributed by atoms with Gasteiger partial charge in [-0.15, -0.1) is 0 Å². The molecule has 0 heterocycles. The number of fused-ring (bicyclic) bond motifs is 5. The summed E-state index contributed by atoms with van der Waals surface area (Å²) in [6.45, 7) is 4.53. The van der Waals surface area contributed by atoms with Gasteiger partial charge in [0.2, 0.25) is 5.91 Å². The zero-order valence-corrected chi connectivity index (χ0v) is 14.8. The van der Waals surface area contributed by atoms with Crippen molar-refractivity contribution in [2.75, 3.05) is 0 Å². The Balaban J connectivity index is 1.69. The molecule has 4 rings (SSSR count). The minimum Gasteiger partial charge on any atom is -0.393 e. The Morgan fingerprint density at radius 3 is 2.67 bits per heavy atom. The molecule has 0 aromatic rings. The molecule has 0 unspecified atom stereocenters. The van der Waals surface area contributed by atoms with Gasteiger partial charge in [0.1, 0.15) is 5.92 Å². The highest BCUT2D eigenvalue weighted by Crippen LogP contribution is 2.65. The van der Waals surface area contributed by atoms with Gasteiger partial charge in [-0.2, -0.15) is 0 Å². The van der Waals surface area contributed by atoms with E-state index in [9.17, 15) is 14.7 Å². The Kier molecular flexibility index (Phi) is 3.51. The van der Waals surface area contributed by atoms with Crippen LogP contribution in [0.4, 0.5) is 0 Å². The molecule has 4 heteroatoms. The van der Waals surface area contributed by atoms with Crippen molar-refractivity contribution in [1.82, 2.24) is 0 Å². The summed E-state index contributed by atoms with van der Waals surface area (Å²) in [7, 11) is 0. The van der Waals surface area contributed by atoms with Gasteiger partial charge in [0.15, 0.2) is 5.78 Å². The van der Waals surface area contributed by atoms with Gasteiger partial charge in [-0.3, -0.25) is 9.59 Å². The highest BCUT2D eigenvalue weighted by atomic mass is 16.3. The van der Waals surface area contributed by atoms with Crippen molar-refractivity contribution in [3.05, 3.63) is 11.6 Å². The molecular weight excluding hydrogens is 302 g/mol. The van der Waals surface area contributed by atoms with Gasteiger partial charge in [0, 0.05) is 0 Å². The zero-order chi connectivity index (χ0) is 17.3. The summed E-state index contributed by atoms with van der Waals surface area (Å²) in [4.78, 5) is 24.0. The summed E-state index contributed by atoms with van der Waals surface area (Å²) in [6, 6.07) is 0. The first-order valence-electron chi connectivity index (χ1n) is 9.49. The number of hydrogen-bond acceptors (Lipinski definition) is 3. The number of allylic oxidation sites excluding steroid dienone is 1. The van der Waals surface area contributed by atoms with Gasteiger partial charge in [-0.05, 0) is 79.6 Å². The van der Waals surface area contributed by atoms with E-state index >= 15 is 0 Å². The van der Waals surface area contributed by atoms with Crippen LogP contribution in [0.5, 0.6) is 0 Å². The molecule has 0 saturated heterocycles. The van der Waals surface area contributed by atoms with Gasteiger partial charge in [0.05, 0.1) is 6.10 Å². The summed E-state index contributed by atoms with van der Waals surface area (Å²) in [6.07, 6.45) is 8.41. The SMILES string of the molecule is C[C@]12CC[C@H]3[C@@H](CCC4=CC(=O)[C@H](C(N)=O)C[C@@]43C)[C@@H]1CC[C@@H]2O. The number of carbonyl (C=O) groups is 2. The van der Waals surface area contributed by atoms with E-state index in [1.54, 1.807) is 6.08 Å². The molecule has 4 aliphatic carbocycles. The van der Waals surface area contributed by atoms with Crippen LogP contribution < -0.4 is 5.73 Å². The lowest BCUT2D eigenvalue weighted by Crippen LogP contribution is -2.53. The Morgan fingerprint density at radius 1 is 1.21 bits per heavy atom. The van der Waals surface area contributed by atoms with E-state index in [0.29, 0.717) is 24.2 Å². The molecule has 3 fully saturated rings. The van der Waals surface area contributed by atoms with Crippen molar-refractivity contribution >= 4 is 11.7 Å². The van der Waals surface area contributed by atoms with E-state index in [4.69, 9.17) is 5.73 Å². The highest BCUT2D eigenvalue weighted by Gasteiger charge is 2.59.